The number of carbonyl (C=O) groups excluding carboxylic acids is 1. The van der Waals surface area contributed by atoms with Crippen molar-refractivity contribution in [1.29, 1.82) is 0 Å². The highest BCUT2D eigenvalue weighted by Crippen LogP contribution is 2.41. The number of alkyl halides is 4. The molecular weight excluding hydrogens is 258 g/mol. The van der Waals surface area contributed by atoms with Crippen LogP contribution in [0, 0.1) is 0 Å². The number of aliphatic hydroxyl groups is 1. The van der Waals surface area contributed by atoms with Crippen LogP contribution in [0.2, 0.25) is 0 Å². The summed E-state index contributed by atoms with van der Waals surface area (Å²) in [6.07, 6.45) is -9.59. The molecule has 0 spiro atoms. The number of ether oxygens (including phenoxy) is 1. The summed E-state index contributed by atoms with van der Waals surface area (Å²) in [6, 6.07) is 3.44. The van der Waals surface area contributed by atoms with E-state index in [2.05, 4.69) is 4.74 Å². The van der Waals surface area contributed by atoms with Crippen molar-refractivity contribution in [3.05, 3.63) is 23.8 Å². The average molecular weight is 265 g/mol. The van der Waals surface area contributed by atoms with E-state index in [1.165, 1.54) is 12.1 Å². The zero-order chi connectivity index (χ0) is 13.5. The maximum absolute atomic E-state index is 13.0. The highest BCUT2D eigenvalue weighted by Gasteiger charge is 2.47. The van der Waals surface area contributed by atoms with Crippen molar-refractivity contribution in [2.75, 3.05) is 5.32 Å². The van der Waals surface area contributed by atoms with Crippen LogP contribution in [0.3, 0.4) is 0 Å². The zero-order valence-corrected chi connectivity index (χ0v) is 8.66. The lowest BCUT2D eigenvalue weighted by atomic mass is 10.1. The van der Waals surface area contributed by atoms with E-state index >= 15 is 0 Å². The number of nitrogens with one attached hydrogen (secondary N) is 1. The molecule has 1 amide bonds. The minimum absolute atomic E-state index is 0.192. The first kappa shape index (κ1) is 12.6. The Bertz CT molecular complexity index is 492. The Kier molecular flexibility index (Phi) is 2.89. The van der Waals surface area contributed by atoms with Crippen molar-refractivity contribution < 1.29 is 32.2 Å². The summed E-state index contributed by atoms with van der Waals surface area (Å²) in [7, 11) is 0. The zero-order valence-electron chi connectivity index (χ0n) is 8.66. The number of benzene rings is 1. The smallest absolute Gasteiger partial charge is 0.423 e. The predicted molar refractivity (Wildman–Crippen MR) is 51.6 cm³/mol. The van der Waals surface area contributed by atoms with Gasteiger partial charge in [0, 0.05) is 5.56 Å². The molecular formula is C10H7F4NO3. The summed E-state index contributed by atoms with van der Waals surface area (Å²) in [5, 5.41) is 11.0. The third-order valence-corrected chi connectivity index (χ3v) is 2.35. The lowest BCUT2D eigenvalue weighted by molar-refractivity contribution is -0.190. The largest absolute Gasteiger partial charge is 0.482 e. The molecule has 1 aromatic rings. The van der Waals surface area contributed by atoms with Gasteiger partial charge in [0.25, 0.3) is 6.43 Å². The van der Waals surface area contributed by atoms with Crippen LogP contribution in [0.25, 0.3) is 0 Å². The summed E-state index contributed by atoms with van der Waals surface area (Å²) in [4.78, 5) is 10.9. The summed E-state index contributed by atoms with van der Waals surface area (Å²) in [5.74, 6) is -2.35. The van der Waals surface area contributed by atoms with Crippen molar-refractivity contribution in [3.63, 3.8) is 0 Å². The van der Waals surface area contributed by atoms with Gasteiger partial charge in [0.05, 0.1) is 5.69 Å². The predicted octanol–water partition coefficient (Wildman–Crippen LogP) is 1.91. The Balaban J connectivity index is 2.48. The van der Waals surface area contributed by atoms with Gasteiger partial charge in [-0.1, -0.05) is 12.1 Å². The maximum Gasteiger partial charge on any atom is 0.482 e. The van der Waals surface area contributed by atoms with E-state index < -0.39 is 35.9 Å². The van der Waals surface area contributed by atoms with E-state index in [9.17, 15) is 27.5 Å². The second kappa shape index (κ2) is 4.13. The van der Waals surface area contributed by atoms with Crippen molar-refractivity contribution in [3.8, 4) is 5.75 Å². The molecule has 0 aliphatic carbocycles. The highest BCUT2D eigenvalue weighted by atomic mass is 19.3. The number of para-hydroxylation sites is 1. The SMILES string of the molecule is O=C1Nc2cccc([C@@H](O)C(F)F)c2OC1(F)F. The number of carbonyl (C=O) groups is 1. The minimum atomic E-state index is -4.16. The van der Waals surface area contributed by atoms with E-state index in [0.717, 1.165) is 6.07 Å². The van der Waals surface area contributed by atoms with Gasteiger partial charge in [-0.2, -0.15) is 8.78 Å². The molecule has 2 rings (SSSR count). The Morgan fingerprint density at radius 2 is 2.00 bits per heavy atom. The molecule has 8 heteroatoms. The Labute approximate surface area is 98.2 Å². The summed E-state index contributed by atoms with van der Waals surface area (Å²) < 4.78 is 54.9. The summed E-state index contributed by atoms with van der Waals surface area (Å²) >= 11 is 0. The number of hydrogen-bond donors (Lipinski definition) is 2. The molecule has 0 fully saturated rings. The van der Waals surface area contributed by atoms with Gasteiger partial charge in [-0.05, 0) is 6.07 Å². The quantitative estimate of drug-likeness (QED) is 0.803. The molecule has 0 bridgehead atoms. The third kappa shape index (κ3) is 1.99. The summed E-state index contributed by atoms with van der Waals surface area (Å²) in [6.45, 7) is 0. The van der Waals surface area contributed by atoms with Crippen LogP contribution in [-0.4, -0.2) is 23.5 Å². The molecule has 1 aliphatic rings. The van der Waals surface area contributed by atoms with Gasteiger partial charge in [-0.3, -0.25) is 4.79 Å². The molecule has 2 N–H and O–H groups in total. The molecule has 0 saturated carbocycles. The van der Waals surface area contributed by atoms with Crippen molar-refractivity contribution >= 4 is 11.6 Å². The number of rotatable bonds is 2. The lowest BCUT2D eigenvalue weighted by Crippen LogP contribution is -2.43. The van der Waals surface area contributed by atoms with Crippen molar-refractivity contribution in [1.82, 2.24) is 0 Å². The fraction of sp³-hybridized carbons (Fsp3) is 0.300. The van der Waals surface area contributed by atoms with Gasteiger partial charge in [-0.25, -0.2) is 8.78 Å². The Morgan fingerprint density at radius 3 is 2.61 bits per heavy atom. The van der Waals surface area contributed by atoms with Crippen LogP contribution in [0.5, 0.6) is 5.75 Å². The average Bonchev–Trinajstić information content (AvgIpc) is 2.28. The fourth-order valence-corrected chi connectivity index (χ4v) is 1.51. The molecule has 18 heavy (non-hydrogen) atoms. The van der Waals surface area contributed by atoms with E-state index in [-0.39, 0.29) is 5.69 Å². The lowest BCUT2D eigenvalue weighted by Gasteiger charge is -2.27. The molecule has 0 radical (unpaired) electrons. The molecule has 0 unspecified atom stereocenters. The minimum Gasteiger partial charge on any atom is -0.423 e. The molecule has 1 aliphatic heterocycles. The van der Waals surface area contributed by atoms with Gasteiger partial charge in [0.15, 0.2) is 5.75 Å². The Morgan fingerprint density at radius 1 is 1.33 bits per heavy atom. The van der Waals surface area contributed by atoms with Gasteiger partial charge >= 0.3 is 12.0 Å². The number of amides is 1. The number of aliphatic hydroxyl groups excluding tert-OH is 1. The van der Waals surface area contributed by atoms with E-state index in [0.29, 0.717) is 0 Å². The van der Waals surface area contributed by atoms with Gasteiger partial charge in [0.2, 0.25) is 0 Å². The highest BCUT2D eigenvalue weighted by molar-refractivity contribution is 5.98. The van der Waals surface area contributed by atoms with Gasteiger partial charge in [0.1, 0.15) is 6.10 Å². The first-order valence-electron chi connectivity index (χ1n) is 4.80. The van der Waals surface area contributed by atoms with E-state index in [1.54, 1.807) is 0 Å². The third-order valence-electron chi connectivity index (χ3n) is 2.35. The molecule has 0 saturated heterocycles. The van der Waals surface area contributed by atoms with Gasteiger partial charge < -0.3 is 15.2 Å². The second-order valence-electron chi connectivity index (χ2n) is 3.58. The number of anilines is 1. The van der Waals surface area contributed by atoms with Crippen LogP contribution in [0.15, 0.2) is 18.2 Å². The molecule has 0 aromatic heterocycles. The molecule has 1 aromatic carbocycles. The fourth-order valence-electron chi connectivity index (χ4n) is 1.51. The summed E-state index contributed by atoms with van der Waals surface area (Å²) in [5.41, 5.74) is -0.703. The number of fused-ring (bicyclic) bond motifs is 1. The standard InChI is InChI=1S/C10H7F4NO3/c11-8(12)6(16)4-2-1-3-5-7(4)18-10(13,14)9(17)15-5/h1-3,6,8,16H,(H,15,17)/t6-/m1/s1. The maximum atomic E-state index is 13.0. The molecule has 98 valence electrons. The number of halogens is 4. The number of hydrogen-bond acceptors (Lipinski definition) is 3. The Hall–Kier alpha value is -1.83. The van der Waals surface area contributed by atoms with Crippen LogP contribution in [0.1, 0.15) is 11.7 Å². The van der Waals surface area contributed by atoms with Crippen LogP contribution in [0.4, 0.5) is 23.2 Å². The molecule has 1 atom stereocenters. The van der Waals surface area contributed by atoms with E-state index in [4.69, 9.17) is 0 Å². The van der Waals surface area contributed by atoms with Crippen LogP contribution < -0.4 is 10.1 Å². The normalized spacial score (nSPS) is 18.9. The molecule has 4 nitrogen and oxygen atoms in total. The topological polar surface area (TPSA) is 58.6 Å². The second-order valence-corrected chi connectivity index (χ2v) is 3.58. The molecule has 1 heterocycles. The first-order chi connectivity index (χ1) is 8.33. The van der Waals surface area contributed by atoms with Crippen LogP contribution in [-0.2, 0) is 4.79 Å². The first-order valence-corrected chi connectivity index (χ1v) is 4.80. The van der Waals surface area contributed by atoms with Crippen molar-refractivity contribution in [2.45, 2.75) is 18.6 Å². The van der Waals surface area contributed by atoms with Crippen molar-refractivity contribution in [2.24, 2.45) is 0 Å². The van der Waals surface area contributed by atoms with E-state index in [1.807, 2.05) is 5.32 Å². The van der Waals surface area contributed by atoms with Crippen LogP contribution >= 0.6 is 0 Å². The monoisotopic (exact) mass is 265 g/mol. The van der Waals surface area contributed by atoms with Gasteiger partial charge in [-0.15, -0.1) is 0 Å².